The van der Waals surface area contributed by atoms with Gasteiger partial charge in [0.25, 0.3) is 0 Å². The maximum Gasteiger partial charge on any atom is 0.559 e. The van der Waals surface area contributed by atoms with Crippen molar-refractivity contribution in [3.05, 3.63) is 72.8 Å². The Kier molecular flexibility index (Phi) is 26.6. The van der Waals surface area contributed by atoms with Crippen LogP contribution in [0.4, 0.5) is 13.2 Å². The van der Waals surface area contributed by atoms with Crippen LogP contribution in [-0.2, 0) is 63.7 Å². The summed E-state index contributed by atoms with van der Waals surface area (Å²) < 4.78 is 101. The van der Waals surface area contributed by atoms with Crippen molar-refractivity contribution < 1.29 is 86.5 Å². The summed E-state index contributed by atoms with van der Waals surface area (Å²) in [5.74, 6) is -5.87. The van der Waals surface area contributed by atoms with Crippen molar-refractivity contribution in [1.82, 2.24) is 0 Å². The highest BCUT2D eigenvalue weighted by Gasteiger charge is 2.61. The molecule has 0 aliphatic rings. The summed E-state index contributed by atoms with van der Waals surface area (Å²) in [4.78, 5) is 75.8. The van der Waals surface area contributed by atoms with Gasteiger partial charge in [-0.05, 0) is 83.5 Å². The van der Waals surface area contributed by atoms with Crippen LogP contribution < -0.4 is 10.4 Å². The molecule has 70 heavy (non-hydrogen) atoms. The lowest BCUT2D eigenvalue weighted by molar-refractivity contribution is -0.194. The van der Waals surface area contributed by atoms with Gasteiger partial charge in [0.05, 0.1) is 31.2 Å². The van der Waals surface area contributed by atoms with E-state index in [1.54, 1.807) is 95.3 Å². The van der Waals surface area contributed by atoms with Crippen molar-refractivity contribution >= 4 is 69.2 Å². The van der Waals surface area contributed by atoms with Gasteiger partial charge in [0.2, 0.25) is 0 Å². The lowest BCUT2D eigenvalue weighted by Gasteiger charge is -2.42. The van der Waals surface area contributed by atoms with E-state index in [1.807, 2.05) is 13.8 Å². The van der Waals surface area contributed by atoms with Crippen molar-refractivity contribution in [2.45, 2.75) is 125 Å². The van der Waals surface area contributed by atoms with Gasteiger partial charge >= 0.3 is 65.0 Å². The van der Waals surface area contributed by atoms with E-state index in [0.717, 1.165) is 0 Å². The summed E-state index contributed by atoms with van der Waals surface area (Å²) in [6.07, 6.45) is -4.04. The second kappa shape index (κ2) is 29.8. The predicted octanol–water partition coefficient (Wildman–Crippen LogP) is 7.17. The van der Waals surface area contributed by atoms with E-state index in [0.29, 0.717) is 29.6 Å². The number of carbonyl (C=O) groups is 4. The van der Waals surface area contributed by atoms with Crippen LogP contribution in [0.1, 0.15) is 101 Å². The second-order valence-corrected chi connectivity index (χ2v) is 27.9. The molecular formula is C47H75F3O16Si4. The summed E-state index contributed by atoms with van der Waals surface area (Å²) in [5, 5.41) is 0.582. The summed E-state index contributed by atoms with van der Waals surface area (Å²) >= 11 is 0. The molecule has 5 unspecified atom stereocenters. The number of halogens is 3. The number of benzene rings is 2. The first kappa shape index (κ1) is 62.5. The molecule has 0 saturated carbocycles. The standard InChI is InChI=1S/C47H75F3O16Si4/c1-11-30-46(10,44(53)59-33-24-34-67(55,60-13-3)61-14-4)41(12-2)38(9)43(52)58-32-25-36-69(63-16-6,64-45(54)47(48,49)50)66-70(39-26-19-17-20-27-39,40-28-21-18-22-29-40)65-68(56,62-15-5)35-23-31-57-42(51)37(7)8/h17-22,26-29,38,41,55-56H,7,11-16,23-25,30-36H2,1-6,8-10H3. The van der Waals surface area contributed by atoms with Gasteiger partial charge in [-0.25, -0.2) is 9.59 Å². The zero-order chi connectivity index (χ0) is 52.7. The summed E-state index contributed by atoms with van der Waals surface area (Å²) in [7, 11) is -17.6. The molecule has 2 aromatic carbocycles. The Morgan fingerprint density at radius 2 is 1.13 bits per heavy atom. The number of esters is 3. The van der Waals surface area contributed by atoms with Gasteiger partial charge in [0.1, 0.15) is 0 Å². The van der Waals surface area contributed by atoms with Gasteiger partial charge in [0, 0.05) is 50.1 Å². The molecule has 0 spiro atoms. The summed E-state index contributed by atoms with van der Waals surface area (Å²) in [6, 6.07) is 15.8. The van der Waals surface area contributed by atoms with Gasteiger partial charge in [-0.2, -0.15) is 13.2 Å². The first-order valence-corrected chi connectivity index (χ1v) is 31.7. The van der Waals surface area contributed by atoms with Crippen molar-refractivity contribution in [1.29, 1.82) is 0 Å². The molecule has 0 bridgehead atoms. The predicted molar refractivity (Wildman–Crippen MR) is 262 cm³/mol. The summed E-state index contributed by atoms with van der Waals surface area (Å²) in [6.45, 7) is 18.4. The summed E-state index contributed by atoms with van der Waals surface area (Å²) in [5.41, 5.74) is -0.966. The minimum Gasteiger partial charge on any atom is -0.467 e. The molecule has 0 aromatic heterocycles. The van der Waals surface area contributed by atoms with E-state index in [4.69, 9.17) is 44.6 Å². The smallest absolute Gasteiger partial charge is 0.467 e. The second-order valence-electron chi connectivity index (χ2n) is 16.8. The maximum atomic E-state index is 14.2. The number of alkyl halides is 3. The Labute approximate surface area is 415 Å². The molecule has 0 heterocycles. The molecule has 0 radical (unpaired) electrons. The van der Waals surface area contributed by atoms with Crippen LogP contribution >= 0.6 is 0 Å². The number of hydrogen-bond donors (Lipinski definition) is 2. The van der Waals surface area contributed by atoms with E-state index in [1.165, 1.54) is 13.8 Å². The highest BCUT2D eigenvalue weighted by molar-refractivity contribution is 7.00. The van der Waals surface area contributed by atoms with Crippen LogP contribution in [0.3, 0.4) is 0 Å². The zero-order valence-electron chi connectivity index (χ0n) is 42.2. The van der Waals surface area contributed by atoms with Crippen molar-refractivity contribution in [3.8, 4) is 0 Å². The third kappa shape index (κ3) is 18.8. The number of carbonyl (C=O) groups excluding carboxylic acids is 4. The van der Waals surface area contributed by atoms with E-state index >= 15 is 0 Å². The van der Waals surface area contributed by atoms with E-state index in [9.17, 15) is 41.9 Å². The van der Waals surface area contributed by atoms with Crippen LogP contribution in [0.15, 0.2) is 72.8 Å². The Hall–Kier alpha value is -3.60. The minimum absolute atomic E-state index is 0.0148. The molecular weight excluding hydrogens is 990 g/mol. The van der Waals surface area contributed by atoms with Gasteiger partial charge in [-0.3, -0.25) is 9.59 Å². The number of ether oxygens (including phenoxy) is 3. The molecule has 5 atom stereocenters. The molecule has 16 nitrogen and oxygen atoms in total. The van der Waals surface area contributed by atoms with Gasteiger partial charge in [-0.15, -0.1) is 0 Å². The highest BCUT2D eigenvalue weighted by atomic mass is 28.5. The zero-order valence-corrected chi connectivity index (χ0v) is 46.2. The fourth-order valence-electron chi connectivity index (χ4n) is 8.15. The van der Waals surface area contributed by atoms with Crippen molar-refractivity contribution in [2.75, 3.05) is 46.2 Å². The monoisotopic (exact) mass is 1060 g/mol. The average Bonchev–Trinajstić information content (AvgIpc) is 3.31. The van der Waals surface area contributed by atoms with E-state index in [2.05, 4.69) is 6.58 Å². The van der Waals surface area contributed by atoms with Crippen molar-refractivity contribution in [2.24, 2.45) is 17.3 Å². The van der Waals surface area contributed by atoms with Crippen LogP contribution in [0.25, 0.3) is 0 Å². The molecule has 23 heteroatoms. The maximum absolute atomic E-state index is 14.2. The fourth-order valence-corrected chi connectivity index (χ4v) is 21.9. The van der Waals surface area contributed by atoms with E-state index < -0.39 is 88.3 Å². The Balaban J connectivity index is 2.56. The Morgan fingerprint density at radius 1 is 0.657 bits per heavy atom. The number of rotatable bonds is 35. The average molecular weight is 1070 g/mol. The van der Waals surface area contributed by atoms with Gasteiger partial charge in [-0.1, -0.05) is 101 Å². The lowest BCUT2D eigenvalue weighted by Crippen LogP contribution is -2.73. The largest absolute Gasteiger partial charge is 0.559 e. The van der Waals surface area contributed by atoms with Gasteiger partial charge in [0.15, 0.2) is 0 Å². The molecule has 396 valence electrons. The Morgan fingerprint density at radius 3 is 1.60 bits per heavy atom. The fraction of sp³-hybridized carbons (Fsp3) is 0.617. The topological polar surface area (TPSA) is 201 Å². The highest BCUT2D eigenvalue weighted by Crippen LogP contribution is 2.42. The molecule has 0 saturated heterocycles. The van der Waals surface area contributed by atoms with Gasteiger partial charge < -0.3 is 54.2 Å². The molecule has 2 rings (SSSR count). The van der Waals surface area contributed by atoms with Crippen molar-refractivity contribution in [3.63, 3.8) is 0 Å². The Bertz CT molecular complexity index is 1870. The third-order valence-electron chi connectivity index (χ3n) is 11.3. The third-order valence-corrected chi connectivity index (χ3v) is 24.7. The SMILES string of the molecule is C=C(C)C(=O)OCCC[Si](O)(OCC)O[Si](O[Si](CCCOC(=O)C(C)C(CC)C(C)(CCC)C(=O)OCCC[Si](O)(OCC)OCC)(OCC)OC(=O)C(F)(F)F)(c1ccccc1)c1ccccc1. The first-order chi connectivity index (χ1) is 33.0. The molecule has 2 N–H and O–H groups in total. The quantitative estimate of drug-likeness (QED) is 0.0231. The lowest BCUT2D eigenvalue weighted by atomic mass is 9.67. The van der Waals surface area contributed by atoms with E-state index in [-0.39, 0.29) is 83.2 Å². The molecule has 0 amide bonds. The van der Waals surface area contributed by atoms with Crippen LogP contribution in [-0.4, -0.2) is 121 Å². The van der Waals surface area contributed by atoms with Crippen LogP contribution in [0, 0.1) is 17.3 Å². The first-order valence-electron chi connectivity index (χ1n) is 24.0. The number of hydrogen-bond acceptors (Lipinski definition) is 16. The molecule has 0 fully saturated rings. The molecule has 0 aliphatic heterocycles. The normalized spacial score (nSPS) is 15.6. The van der Waals surface area contributed by atoms with Crippen LogP contribution in [0.2, 0.25) is 18.1 Å². The van der Waals surface area contributed by atoms with Crippen LogP contribution in [0.5, 0.6) is 0 Å². The molecule has 0 aliphatic carbocycles. The molecule has 2 aromatic rings. The minimum atomic E-state index is -5.49.